The average Bonchev–Trinajstić information content (AvgIpc) is 3.21. The molecule has 2 atom stereocenters. The molecule has 0 spiro atoms. The van der Waals surface area contributed by atoms with E-state index in [4.69, 9.17) is 0 Å². The van der Waals surface area contributed by atoms with Crippen LogP contribution in [0.5, 0.6) is 0 Å². The molecule has 2 heterocycles. The first kappa shape index (κ1) is 22.8. The lowest BCUT2D eigenvalue weighted by Gasteiger charge is -2.47. The number of nitrogens with one attached hydrogen (secondary N) is 1. The molecule has 162 valence electrons. The first-order chi connectivity index (χ1) is 13.8. The number of carbonyl (C=O) groups excluding carboxylic acids is 1. The lowest BCUT2D eigenvalue weighted by molar-refractivity contribution is -0.0173. The van der Waals surface area contributed by atoms with Crippen LogP contribution in [0.2, 0.25) is 0 Å². The largest absolute Gasteiger partial charge is 0.389 e. The number of thioether (sulfide) groups is 2. The Bertz CT molecular complexity index is 689. The highest BCUT2D eigenvalue weighted by molar-refractivity contribution is 8.19. The van der Waals surface area contributed by atoms with E-state index in [1.807, 2.05) is 54.4 Å². The van der Waals surface area contributed by atoms with Gasteiger partial charge >= 0.3 is 6.03 Å². The third-order valence-corrected chi connectivity index (χ3v) is 8.74. The van der Waals surface area contributed by atoms with Crippen molar-refractivity contribution < 1.29 is 9.90 Å². The summed E-state index contributed by atoms with van der Waals surface area (Å²) in [6.07, 6.45) is 1.86. The summed E-state index contributed by atoms with van der Waals surface area (Å²) < 4.78 is 0.477. The number of hydrogen-bond donors (Lipinski definition) is 2. The van der Waals surface area contributed by atoms with Crippen LogP contribution < -0.4 is 5.32 Å². The second-order valence-electron chi connectivity index (χ2n) is 8.65. The summed E-state index contributed by atoms with van der Waals surface area (Å²) >= 11 is 3.95. The Morgan fingerprint density at radius 3 is 2.48 bits per heavy atom. The minimum atomic E-state index is -0.729. The molecule has 7 heteroatoms. The summed E-state index contributed by atoms with van der Waals surface area (Å²) in [4.78, 5) is 17.5. The highest BCUT2D eigenvalue weighted by atomic mass is 32.2. The number of anilines is 1. The molecule has 2 N–H and O–H groups in total. The highest BCUT2D eigenvalue weighted by Crippen LogP contribution is 2.45. The van der Waals surface area contributed by atoms with Crippen molar-refractivity contribution in [2.75, 3.05) is 36.5 Å². The number of carbonyl (C=O) groups is 1. The van der Waals surface area contributed by atoms with Crippen molar-refractivity contribution in [2.24, 2.45) is 0 Å². The van der Waals surface area contributed by atoms with Crippen LogP contribution in [0.4, 0.5) is 10.5 Å². The number of piperazine rings is 1. The third kappa shape index (κ3) is 6.06. The summed E-state index contributed by atoms with van der Waals surface area (Å²) in [5.41, 5.74) is 1.43. The van der Waals surface area contributed by atoms with Gasteiger partial charge in [-0.25, -0.2) is 4.79 Å². The molecule has 2 aliphatic rings. The number of amides is 2. The van der Waals surface area contributed by atoms with Gasteiger partial charge in [0.15, 0.2) is 0 Å². The van der Waals surface area contributed by atoms with E-state index in [1.165, 1.54) is 17.1 Å². The van der Waals surface area contributed by atoms with Crippen LogP contribution in [0.3, 0.4) is 0 Å². The third-order valence-electron chi connectivity index (χ3n) is 5.64. The van der Waals surface area contributed by atoms with E-state index in [0.717, 1.165) is 25.1 Å². The van der Waals surface area contributed by atoms with Crippen LogP contribution in [0, 0.1) is 0 Å². The van der Waals surface area contributed by atoms with E-state index in [-0.39, 0.29) is 18.1 Å². The molecule has 0 aliphatic carbocycles. The van der Waals surface area contributed by atoms with Gasteiger partial charge in [0.2, 0.25) is 0 Å². The van der Waals surface area contributed by atoms with Gasteiger partial charge in [-0.05, 0) is 44.4 Å². The second kappa shape index (κ2) is 9.94. The lowest BCUT2D eigenvalue weighted by atomic mass is 10.00. The zero-order valence-electron chi connectivity index (χ0n) is 18.1. The molecule has 1 aromatic carbocycles. The van der Waals surface area contributed by atoms with Gasteiger partial charge in [-0.15, -0.1) is 23.5 Å². The standard InChI is InChI=1S/C22H35N3O2S2/c1-5-18-14-25(19(6-2)13-24(18)15-22(3,4)27)21(26)23-17-9-7-8-16(12-17)20-28-10-11-29-20/h7-9,12,18-20,27H,5-6,10-11,13-15H2,1-4H3,(H,23,26)/t18-,19+/m0/s1. The second-order valence-corrected chi connectivity index (χ2v) is 11.4. The first-order valence-corrected chi connectivity index (χ1v) is 12.8. The van der Waals surface area contributed by atoms with E-state index >= 15 is 0 Å². The number of aliphatic hydroxyl groups is 1. The zero-order valence-corrected chi connectivity index (χ0v) is 19.7. The van der Waals surface area contributed by atoms with Crippen LogP contribution >= 0.6 is 23.5 Å². The van der Waals surface area contributed by atoms with Crippen LogP contribution in [0.15, 0.2) is 24.3 Å². The molecule has 3 rings (SSSR count). The van der Waals surface area contributed by atoms with Crippen molar-refractivity contribution in [3.05, 3.63) is 29.8 Å². The monoisotopic (exact) mass is 437 g/mol. The molecular weight excluding hydrogens is 402 g/mol. The first-order valence-electron chi connectivity index (χ1n) is 10.7. The van der Waals surface area contributed by atoms with Gasteiger partial charge in [0.25, 0.3) is 0 Å². The van der Waals surface area contributed by atoms with Crippen molar-refractivity contribution in [3.63, 3.8) is 0 Å². The molecule has 29 heavy (non-hydrogen) atoms. The molecule has 5 nitrogen and oxygen atoms in total. The molecular formula is C22H35N3O2S2. The fraction of sp³-hybridized carbons (Fsp3) is 0.682. The van der Waals surface area contributed by atoms with E-state index in [2.05, 4.69) is 36.2 Å². The molecule has 2 amide bonds. The highest BCUT2D eigenvalue weighted by Gasteiger charge is 2.36. The maximum atomic E-state index is 13.2. The molecule has 1 aromatic rings. The van der Waals surface area contributed by atoms with Gasteiger partial charge in [0, 0.05) is 48.9 Å². The number of urea groups is 1. The van der Waals surface area contributed by atoms with Crippen molar-refractivity contribution in [1.29, 1.82) is 0 Å². The molecule has 2 fully saturated rings. The smallest absolute Gasteiger partial charge is 0.322 e. The summed E-state index contributed by atoms with van der Waals surface area (Å²) in [7, 11) is 0. The Morgan fingerprint density at radius 1 is 1.17 bits per heavy atom. The van der Waals surface area contributed by atoms with Gasteiger partial charge < -0.3 is 15.3 Å². The van der Waals surface area contributed by atoms with Crippen molar-refractivity contribution in [2.45, 2.75) is 62.8 Å². The molecule has 0 unspecified atom stereocenters. The Hall–Kier alpha value is -0.890. The fourth-order valence-corrected chi connectivity index (χ4v) is 7.03. The number of rotatable bonds is 6. The molecule has 0 radical (unpaired) electrons. The number of benzene rings is 1. The van der Waals surface area contributed by atoms with E-state index in [0.29, 0.717) is 17.7 Å². The van der Waals surface area contributed by atoms with Crippen molar-refractivity contribution in [3.8, 4) is 0 Å². The average molecular weight is 438 g/mol. The summed E-state index contributed by atoms with van der Waals surface area (Å²) in [6, 6.07) is 8.71. The van der Waals surface area contributed by atoms with Crippen LogP contribution in [0.25, 0.3) is 0 Å². The number of β-amino-alcohol motifs (C(OH)–C–C–N with tert-alkyl or cyclic N) is 1. The quantitative estimate of drug-likeness (QED) is 0.679. The summed E-state index contributed by atoms with van der Waals surface area (Å²) in [5, 5.41) is 13.4. The Balaban J connectivity index is 1.68. The van der Waals surface area contributed by atoms with E-state index in [1.54, 1.807) is 0 Å². The molecule has 0 saturated carbocycles. The molecule has 2 saturated heterocycles. The van der Waals surface area contributed by atoms with Gasteiger partial charge in [-0.3, -0.25) is 4.90 Å². The maximum Gasteiger partial charge on any atom is 0.322 e. The Labute approximate surface area is 184 Å². The van der Waals surface area contributed by atoms with Crippen LogP contribution in [-0.4, -0.2) is 69.8 Å². The number of nitrogens with zero attached hydrogens (tertiary/aromatic N) is 2. The van der Waals surface area contributed by atoms with Crippen LogP contribution in [0.1, 0.15) is 50.7 Å². The zero-order chi connectivity index (χ0) is 21.0. The van der Waals surface area contributed by atoms with Gasteiger partial charge in [0.1, 0.15) is 0 Å². The molecule has 0 bridgehead atoms. The van der Waals surface area contributed by atoms with Crippen molar-refractivity contribution in [1.82, 2.24) is 9.80 Å². The Kier molecular flexibility index (Phi) is 7.81. The lowest BCUT2D eigenvalue weighted by Crippen LogP contribution is -2.62. The Morgan fingerprint density at radius 2 is 1.86 bits per heavy atom. The fourth-order valence-electron chi connectivity index (χ4n) is 4.20. The van der Waals surface area contributed by atoms with E-state index < -0.39 is 5.60 Å². The topological polar surface area (TPSA) is 55.8 Å². The van der Waals surface area contributed by atoms with Gasteiger partial charge in [-0.2, -0.15) is 0 Å². The number of hydrogen-bond acceptors (Lipinski definition) is 5. The molecule has 0 aromatic heterocycles. The predicted molar refractivity (Wildman–Crippen MR) is 126 cm³/mol. The summed E-state index contributed by atoms with van der Waals surface area (Å²) in [5.74, 6) is 2.38. The minimum Gasteiger partial charge on any atom is -0.389 e. The van der Waals surface area contributed by atoms with Crippen LogP contribution in [-0.2, 0) is 0 Å². The molecule has 2 aliphatic heterocycles. The normalized spacial score (nSPS) is 24.1. The van der Waals surface area contributed by atoms with Gasteiger partial charge in [0.05, 0.1) is 10.2 Å². The predicted octanol–water partition coefficient (Wildman–Crippen LogP) is 4.64. The summed E-state index contributed by atoms with van der Waals surface area (Å²) in [6.45, 7) is 10.1. The maximum absolute atomic E-state index is 13.2. The van der Waals surface area contributed by atoms with Crippen molar-refractivity contribution >= 4 is 35.2 Å². The van der Waals surface area contributed by atoms with Gasteiger partial charge in [-0.1, -0.05) is 26.0 Å². The van der Waals surface area contributed by atoms with E-state index in [9.17, 15) is 9.90 Å². The minimum absolute atomic E-state index is 0.0120. The SMILES string of the molecule is CC[C@H]1CN(C(=O)Nc2cccc(C3SCCS3)c2)[C@H](CC)CN1CC(C)(C)O.